The second-order valence-corrected chi connectivity index (χ2v) is 4.93. The summed E-state index contributed by atoms with van der Waals surface area (Å²) < 4.78 is 5.60. The number of ether oxygens (including phenoxy) is 1. The Hall–Kier alpha value is -0.160. The number of β-amino-alcohol motifs (C(OH)–C–C–N with tert-alkyl or cyclic N) is 1. The highest BCUT2D eigenvalue weighted by atomic mass is 16.5. The van der Waals surface area contributed by atoms with Gasteiger partial charge in [0.1, 0.15) is 0 Å². The summed E-state index contributed by atoms with van der Waals surface area (Å²) in [5, 5.41) is 10.3. The zero-order valence-corrected chi connectivity index (χ0v) is 10.8. The Labute approximate surface area is 98.8 Å². The summed E-state index contributed by atoms with van der Waals surface area (Å²) >= 11 is 0. The third kappa shape index (κ3) is 3.70. The molecule has 0 spiro atoms. The molecule has 0 aromatic rings. The molecule has 2 atom stereocenters. The molecule has 3 N–H and O–H groups in total. The van der Waals surface area contributed by atoms with Crippen LogP contribution in [0.4, 0.5) is 0 Å². The molecule has 2 unspecified atom stereocenters. The maximum atomic E-state index is 10.3. The van der Waals surface area contributed by atoms with E-state index in [9.17, 15) is 5.11 Å². The normalized spacial score (nSPS) is 25.7. The van der Waals surface area contributed by atoms with E-state index in [-0.39, 0.29) is 12.1 Å². The van der Waals surface area contributed by atoms with Crippen molar-refractivity contribution in [2.24, 2.45) is 5.73 Å². The average molecular weight is 230 g/mol. The fourth-order valence-electron chi connectivity index (χ4n) is 2.08. The molecule has 0 radical (unpaired) electrons. The predicted octanol–water partition coefficient (Wildman–Crippen LogP) is 0.586. The lowest BCUT2D eigenvalue weighted by Gasteiger charge is -2.39. The standard InChI is InChI=1S/C12H26N2O2/c1-4-12(15,5-2)9-14-6-7-16-11(8-14)10(3)13/h10-11,15H,4-9,13H2,1-3H3. The van der Waals surface area contributed by atoms with Gasteiger partial charge < -0.3 is 15.6 Å². The molecule has 1 rings (SSSR count). The topological polar surface area (TPSA) is 58.7 Å². The fraction of sp³-hybridized carbons (Fsp3) is 1.00. The zero-order valence-electron chi connectivity index (χ0n) is 10.8. The number of rotatable bonds is 5. The fourth-order valence-corrected chi connectivity index (χ4v) is 2.08. The number of nitrogens with zero attached hydrogens (tertiary/aromatic N) is 1. The Morgan fingerprint density at radius 1 is 1.50 bits per heavy atom. The molecule has 0 aromatic carbocycles. The van der Waals surface area contributed by atoms with Crippen LogP contribution in [0.3, 0.4) is 0 Å². The van der Waals surface area contributed by atoms with Crippen molar-refractivity contribution in [3.63, 3.8) is 0 Å². The maximum Gasteiger partial charge on any atom is 0.0850 e. The van der Waals surface area contributed by atoms with Crippen molar-refractivity contribution in [2.75, 3.05) is 26.2 Å². The molecule has 0 aromatic heterocycles. The Balaban J connectivity index is 2.48. The van der Waals surface area contributed by atoms with Crippen molar-refractivity contribution in [3.05, 3.63) is 0 Å². The Morgan fingerprint density at radius 2 is 2.12 bits per heavy atom. The minimum Gasteiger partial charge on any atom is -0.389 e. The van der Waals surface area contributed by atoms with E-state index in [0.717, 1.165) is 39.1 Å². The highest BCUT2D eigenvalue weighted by Gasteiger charge is 2.30. The molecular formula is C12H26N2O2. The van der Waals surface area contributed by atoms with Crippen molar-refractivity contribution in [1.29, 1.82) is 0 Å². The first-order chi connectivity index (χ1) is 7.50. The smallest absolute Gasteiger partial charge is 0.0850 e. The first-order valence-electron chi connectivity index (χ1n) is 6.32. The molecule has 1 aliphatic heterocycles. The van der Waals surface area contributed by atoms with Gasteiger partial charge in [0.25, 0.3) is 0 Å². The number of nitrogens with two attached hydrogens (primary N) is 1. The molecule has 0 aliphatic carbocycles. The zero-order chi connectivity index (χ0) is 12.2. The van der Waals surface area contributed by atoms with Gasteiger partial charge in [0.15, 0.2) is 0 Å². The summed E-state index contributed by atoms with van der Waals surface area (Å²) in [6.45, 7) is 9.22. The number of hydrogen-bond acceptors (Lipinski definition) is 4. The van der Waals surface area contributed by atoms with Gasteiger partial charge in [0.2, 0.25) is 0 Å². The molecular weight excluding hydrogens is 204 g/mol. The molecule has 4 heteroatoms. The lowest BCUT2D eigenvalue weighted by molar-refractivity contribution is -0.0720. The van der Waals surface area contributed by atoms with Gasteiger partial charge in [-0.3, -0.25) is 4.90 Å². The minimum absolute atomic E-state index is 0.0548. The van der Waals surface area contributed by atoms with E-state index in [0.29, 0.717) is 0 Å². The van der Waals surface area contributed by atoms with Crippen LogP contribution in [0.1, 0.15) is 33.6 Å². The molecule has 0 saturated carbocycles. The van der Waals surface area contributed by atoms with E-state index in [1.165, 1.54) is 0 Å². The SMILES string of the molecule is CCC(O)(CC)CN1CCOC(C(C)N)C1. The van der Waals surface area contributed by atoms with Gasteiger partial charge in [-0.2, -0.15) is 0 Å². The molecule has 1 aliphatic rings. The summed E-state index contributed by atoms with van der Waals surface area (Å²) in [5.74, 6) is 0. The quantitative estimate of drug-likeness (QED) is 0.725. The van der Waals surface area contributed by atoms with E-state index in [4.69, 9.17) is 10.5 Å². The molecule has 1 heterocycles. The van der Waals surface area contributed by atoms with Crippen LogP contribution in [0.25, 0.3) is 0 Å². The van der Waals surface area contributed by atoms with E-state index in [1.54, 1.807) is 0 Å². The Kier molecular flexibility index (Phi) is 5.18. The monoisotopic (exact) mass is 230 g/mol. The van der Waals surface area contributed by atoms with E-state index in [2.05, 4.69) is 4.90 Å². The van der Waals surface area contributed by atoms with Crippen LogP contribution < -0.4 is 5.73 Å². The Bertz CT molecular complexity index is 205. The van der Waals surface area contributed by atoms with Crippen LogP contribution in [0.5, 0.6) is 0 Å². The maximum absolute atomic E-state index is 10.3. The van der Waals surface area contributed by atoms with Gasteiger partial charge in [-0.05, 0) is 19.8 Å². The van der Waals surface area contributed by atoms with Crippen LogP contribution in [0, 0.1) is 0 Å². The van der Waals surface area contributed by atoms with Crippen LogP contribution in [-0.4, -0.2) is 54.0 Å². The largest absolute Gasteiger partial charge is 0.389 e. The van der Waals surface area contributed by atoms with E-state index >= 15 is 0 Å². The van der Waals surface area contributed by atoms with Crippen molar-refractivity contribution in [3.8, 4) is 0 Å². The first-order valence-corrected chi connectivity index (χ1v) is 6.32. The lowest BCUT2D eigenvalue weighted by Crippen LogP contribution is -2.53. The number of aliphatic hydroxyl groups is 1. The molecule has 0 amide bonds. The number of morpholine rings is 1. The van der Waals surface area contributed by atoms with Crippen molar-refractivity contribution < 1.29 is 9.84 Å². The summed E-state index contributed by atoms with van der Waals surface area (Å²) in [5.41, 5.74) is 5.29. The van der Waals surface area contributed by atoms with Crippen LogP contribution in [0.15, 0.2) is 0 Å². The third-order valence-corrected chi connectivity index (χ3v) is 3.60. The van der Waals surface area contributed by atoms with Crippen LogP contribution in [0.2, 0.25) is 0 Å². The van der Waals surface area contributed by atoms with Gasteiger partial charge in [-0.1, -0.05) is 13.8 Å². The second-order valence-electron chi connectivity index (χ2n) is 4.93. The van der Waals surface area contributed by atoms with Crippen LogP contribution >= 0.6 is 0 Å². The molecule has 1 saturated heterocycles. The van der Waals surface area contributed by atoms with Crippen molar-refractivity contribution in [1.82, 2.24) is 4.90 Å². The summed E-state index contributed by atoms with van der Waals surface area (Å²) in [6.07, 6.45) is 1.69. The molecule has 0 bridgehead atoms. The molecule has 16 heavy (non-hydrogen) atoms. The highest BCUT2D eigenvalue weighted by molar-refractivity contribution is 4.84. The second kappa shape index (κ2) is 5.96. The van der Waals surface area contributed by atoms with Crippen molar-refractivity contribution in [2.45, 2.75) is 51.4 Å². The summed E-state index contributed by atoms with van der Waals surface area (Å²) in [4.78, 5) is 2.27. The average Bonchev–Trinajstić information content (AvgIpc) is 2.29. The molecule has 96 valence electrons. The number of hydrogen-bond donors (Lipinski definition) is 2. The predicted molar refractivity (Wildman–Crippen MR) is 65.4 cm³/mol. The van der Waals surface area contributed by atoms with Gasteiger partial charge in [0, 0.05) is 25.7 Å². The van der Waals surface area contributed by atoms with E-state index < -0.39 is 5.60 Å². The van der Waals surface area contributed by atoms with Crippen molar-refractivity contribution >= 4 is 0 Å². The van der Waals surface area contributed by atoms with E-state index in [1.807, 2.05) is 20.8 Å². The summed E-state index contributed by atoms with van der Waals surface area (Å²) in [7, 11) is 0. The minimum atomic E-state index is -0.556. The Morgan fingerprint density at radius 3 is 2.62 bits per heavy atom. The summed E-state index contributed by atoms with van der Waals surface area (Å²) in [6, 6.07) is 0.0548. The first kappa shape index (κ1) is 13.9. The highest BCUT2D eigenvalue weighted by Crippen LogP contribution is 2.18. The van der Waals surface area contributed by atoms with Gasteiger partial charge >= 0.3 is 0 Å². The lowest BCUT2D eigenvalue weighted by atomic mass is 9.96. The van der Waals surface area contributed by atoms with Gasteiger partial charge in [-0.15, -0.1) is 0 Å². The third-order valence-electron chi connectivity index (χ3n) is 3.60. The molecule has 4 nitrogen and oxygen atoms in total. The molecule has 1 fully saturated rings. The van der Waals surface area contributed by atoms with Gasteiger partial charge in [0.05, 0.1) is 18.3 Å². The van der Waals surface area contributed by atoms with Gasteiger partial charge in [-0.25, -0.2) is 0 Å². The van der Waals surface area contributed by atoms with Crippen LogP contribution in [-0.2, 0) is 4.74 Å².